The van der Waals surface area contributed by atoms with E-state index in [1.165, 1.54) is 12.1 Å². The first-order valence-electron chi connectivity index (χ1n) is 6.17. The molecule has 0 fully saturated rings. The zero-order valence-corrected chi connectivity index (χ0v) is 12.1. The van der Waals surface area contributed by atoms with Gasteiger partial charge >= 0.3 is 6.18 Å². The SMILES string of the molecule is O=C(NC(=S)Nc1ccc(C(F)(F)F)cn1)c1ccc(F)cc1. The van der Waals surface area contributed by atoms with Gasteiger partial charge in [-0.2, -0.15) is 13.2 Å². The molecule has 0 saturated carbocycles. The molecular formula is C14H9F4N3OS. The Morgan fingerprint density at radius 2 is 1.74 bits per heavy atom. The van der Waals surface area contributed by atoms with Crippen LogP contribution in [0.2, 0.25) is 0 Å². The summed E-state index contributed by atoms with van der Waals surface area (Å²) in [5.41, 5.74) is -0.722. The van der Waals surface area contributed by atoms with Gasteiger partial charge in [0.15, 0.2) is 5.11 Å². The Bertz CT molecular complexity index is 714. The van der Waals surface area contributed by atoms with Crippen molar-refractivity contribution in [2.45, 2.75) is 6.18 Å². The number of rotatable bonds is 2. The molecule has 9 heteroatoms. The van der Waals surface area contributed by atoms with Crippen molar-refractivity contribution in [2.75, 3.05) is 5.32 Å². The highest BCUT2D eigenvalue weighted by atomic mass is 32.1. The Morgan fingerprint density at radius 3 is 2.26 bits per heavy atom. The van der Waals surface area contributed by atoms with Gasteiger partial charge in [-0.15, -0.1) is 0 Å². The van der Waals surface area contributed by atoms with Crippen molar-refractivity contribution in [3.05, 3.63) is 59.5 Å². The van der Waals surface area contributed by atoms with Crippen molar-refractivity contribution in [1.82, 2.24) is 10.3 Å². The van der Waals surface area contributed by atoms with Gasteiger partial charge in [-0.05, 0) is 48.6 Å². The second-order valence-electron chi connectivity index (χ2n) is 4.35. The number of nitrogens with one attached hydrogen (secondary N) is 2. The minimum absolute atomic E-state index is 0.0439. The molecule has 0 aliphatic heterocycles. The van der Waals surface area contributed by atoms with E-state index in [1.54, 1.807) is 0 Å². The number of anilines is 1. The van der Waals surface area contributed by atoms with Crippen LogP contribution in [0.1, 0.15) is 15.9 Å². The molecule has 4 nitrogen and oxygen atoms in total. The van der Waals surface area contributed by atoms with Gasteiger partial charge < -0.3 is 5.32 Å². The lowest BCUT2D eigenvalue weighted by atomic mass is 10.2. The average Bonchev–Trinajstić information content (AvgIpc) is 2.47. The van der Waals surface area contributed by atoms with Gasteiger partial charge in [-0.25, -0.2) is 9.37 Å². The Labute approximate surface area is 133 Å². The van der Waals surface area contributed by atoms with Gasteiger partial charge in [0, 0.05) is 11.8 Å². The van der Waals surface area contributed by atoms with E-state index in [-0.39, 0.29) is 16.5 Å². The van der Waals surface area contributed by atoms with E-state index in [0.29, 0.717) is 6.20 Å². The number of hydrogen-bond acceptors (Lipinski definition) is 3. The number of pyridine rings is 1. The van der Waals surface area contributed by atoms with Crippen LogP contribution in [0.15, 0.2) is 42.6 Å². The molecule has 2 rings (SSSR count). The van der Waals surface area contributed by atoms with Crippen LogP contribution in [-0.4, -0.2) is 16.0 Å². The summed E-state index contributed by atoms with van der Waals surface area (Å²) in [6.45, 7) is 0. The van der Waals surface area contributed by atoms with Crippen molar-refractivity contribution in [3.63, 3.8) is 0 Å². The highest BCUT2D eigenvalue weighted by molar-refractivity contribution is 7.80. The van der Waals surface area contributed by atoms with E-state index >= 15 is 0 Å². The first-order valence-corrected chi connectivity index (χ1v) is 6.57. The molecule has 2 aromatic rings. The molecule has 1 heterocycles. The number of aromatic nitrogens is 1. The van der Waals surface area contributed by atoms with Gasteiger partial charge in [0.25, 0.3) is 5.91 Å². The fourth-order valence-electron chi connectivity index (χ4n) is 1.56. The van der Waals surface area contributed by atoms with Crippen LogP contribution in [0.3, 0.4) is 0 Å². The fraction of sp³-hybridized carbons (Fsp3) is 0.0714. The molecular weight excluding hydrogens is 334 g/mol. The molecule has 0 aliphatic rings. The second kappa shape index (κ2) is 6.69. The molecule has 1 aromatic heterocycles. The summed E-state index contributed by atoms with van der Waals surface area (Å²) in [5.74, 6) is -1.03. The standard InChI is InChI=1S/C14H9F4N3OS/c15-10-4-1-8(2-5-10)12(22)21-13(23)20-11-6-3-9(7-19-11)14(16,17)18/h1-7H,(H2,19,20,21,22,23). The van der Waals surface area contributed by atoms with Gasteiger partial charge in [0.05, 0.1) is 5.56 Å². The summed E-state index contributed by atoms with van der Waals surface area (Å²) < 4.78 is 50.0. The van der Waals surface area contributed by atoms with E-state index < -0.39 is 23.5 Å². The second-order valence-corrected chi connectivity index (χ2v) is 4.75. The van der Waals surface area contributed by atoms with Crippen molar-refractivity contribution < 1.29 is 22.4 Å². The van der Waals surface area contributed by atoms with Crippen LogP contribution >= 0.6 is 12.2 Å². The Hall–Kier alpha value is -2.55. The quantitative estimate of drug-likeness (QED) is 0.648. The number of halogens is 4. The fourth-order valence-corrected chi connectivity index (χ4v) is 1.76. The summed E-state index contributed by atoms with van der Waals surface area (Å²) in [4.78, 5) is 15.4. The maximum Gasteiger partial charge on any atom is 0.417 e. The van der Waals surface area contributed by atoms with E-state index in [2.05, 4.69) is 15.6 Å². The molecule has 2 N–H and O–H groups in total. The highest BCUT2D eigenvalue weighted by Gasteiger charge is 2.30. The van der Waals surface area contributed by atoms with Gasteiger partial charge in [0.1, 0.15) is 11.6 Å². The lowest BCUT2D eigenvalue weighted by Crippen LogP contribution is -2.34. The van der Waals surface area contributed by atoms with E-state index in [0.717, 1.165) is 24.3 Å². The van der Waals surface area contributed by atoms with Crippen LogP contribution in [0.4, 0.5) is 23.4 Å². The number of nitrogens with zero attached hydrogens (tertiary/aromatic N) is 1. The Morgan fingerprint density at radius 1 is 1.09 bits per heavy atom. The van der Waals surface area contributed by atoms with E-state index in [4.69, 9.17) is 12.2 Å². The number of benzene rings is 1. The maximum atomic E-state index is 12.8. The molecule has 0 radical (unpaired) electrons. The molecule has 120 valence electrons. The molecule has 23 heavy (non-hydrogen) atoms. The van der Waals surface area contributed by atoms with Crippen LogP contribution in [-0.2, 0) is 6.18 Å². The van der Waals surface area contributed by atoms with Crippen molar-refractivity contribution in [2.24, 2.45) is 0 Å². The average molecular weight is 343 g/mol. The van der Waals surface area contributed by atoms with Gasteiger partial charge in [0.2, 0.25) is 0 Å². The summed E-state index contributed by atoms with van der Waals surface area (Å²) >= 11 is 4.86. The zero-order chi connectivity index (χ0) is 17.0. The van der Waals surface area contributed by atoms with Crippen LogP contribution in [0.25, 0.3) is 0 Å². The van der Waals surface area contributed by atoms with Gasteiger partial charge in [-0.3, -0.25) is 10.1 Å². The molecule has 0 spiro atoms. The summed E-state index contributed by atoms with van der Waals surface area (Å²) in [5, 5.41) is 4.64. The van der Waals surface area contributed by atoms with Crippen LogP contribution in [0, 0.1) is 5.82 Å². The monoisotopic (exact) mass is 343 g/mol. The minimum Gasteiger partial charge on any atom is -0.317 e. The number of carbonyl (C=O) groups is 1. The van der Waals surface area contributed by atoms with Crippen molar-refractivity contribution >= 4 is 29.1 Å². The largest absolute Gasteiger partial charge is 0.417 e. The smallest absolute Gasteiger partial charge is 0.317 e. The topological polar surface area (TPSA) is 54.0 Å². The zero-order valence-electron chi connectivity index (χ0n) is 11.3. The van der Waals surface area contributed by atoms with Crippen molar-refractivity contribution in [3.8, 4) is 0 Å². The predicted molar refractivity (Wildman–Crippen MR) is 79.3 cm³/mol. The molecule has 1 amide bonds. The van der Waals surface area contributed by atoms with E-state index in [1.807, 2.05) is 0 Å². The Kier molecular flexibility index (Phi) is 4.89. The summed E-state index contributed by atoms with van der Waals surface area (Å²) in [6.07, 6.45) is -3.84. The maximum absolute atomic E-state index is 12.8. The van der Waals surface area contributed by atoms with Crippen LogP contribution in [0.5, 0.6) is 0 Å². The Balaban J connectivity index is 1.96. The molecule has 0 saturated heterocycles. The lowest BCUT2D eigenvalue weighted by molar-refractivity contribution is -0.137. The first-order chi connectivity index (χ1) is 10.8. The number of amides is 1. The molecule has 1 aromatic carbocycles. The molecule has 0 bridgehead atoms. The van der Waals surface area contributed by atoms with E-state index in [9.17, 15) is 22.4 Å². The molecule has 0 atom stereocenters. The molecule has 0 aliphatic carbocycles. The van der Waals surface area contributed by atoms with Crippen LogP contribution < -0.4 is 10.6 Å². The third-order valence-corrected chi connectivity index (χ3v) is 2.87. The number of hydrogen-bond donors (Lipinski definition) is 2. The third kappa shape index (κ3) is 4.71. The number of alkyl halides is 3. The normalized spacial score (nSPS) is 11.0. The summed E-state index contributed by atoms with van der Waals surface area (Å²) in [6, 6.07) is 6.68. The predicted octanol–water partition coefficient (Wildman–Crippen LogP) is 3.37. The number of thiocarbonyl (C=S) groups is 1. The van der Waals surface area contributed by atoms with Gasteiger partial charge in [-0.1, -0.05) is 0 Å². The summed E-state index contributed by atoms with van der Waals surface area (Å²) in [7, 11) is 0. The minimum atomic E-state index is -4.48. The third-order valence-electron chi connectivity index (χ3n) is 2.67. The first kappa shape index (κ1) is 16.8. The molecule has 0 unspecified atom stereocenters. The van der Waals surface area contributed by atoms with Crippen molar-refractivity contribution in [1.29, 1.82) is 0 Å². The highest BCUT2D eigenvalue weighted by Crippen LogP contribution is 2.28. The lowest BCUT2D eigenvalue weighted by Gasteiger charge is -2.10. The number of carbonyl (C=O) groups excluding carboxylic acids is 1.